The molecule has 0 atom stereocenters. The Kier molecular flexibility index (Phi) is 3.95. The molecule has 0 amide bonds. The molecule has 0 aliphatic heterocycles. The summed E-state index contributed by atoms with van der Waals surface area (Å²) in [5.74, 6) is 0.329. The van der Waals surface area contributed by atoms with Crippen LogP contribution < -0.4 is 0 Å². The first-order valence-corrected chi connectivity index (χ1v) is 7.62. The Morgan fingerprint density at radius 2 is 1.30 bits per heavy atom. The molecule has 1 nitrogen and oxygen atoms in total. The summed E-state index contributed by atoms with van der Waals surface area (Å²) in [5, 5.41) is 10.1. The van der Waals surface area contributed by atoms with Crippen molar-refractivity contribution in [3.05, 3.63) is 77.9 Å². The van der Waals surface area contributed by atoms with E-state index in [1.165, 1.54) is 22.3 Å². The van der Waals surface area contributed by atoms with Gasteiger partial charge in [-0.15, -0.1) is 0 Å². The van der Waals surface area contributed by atoms with Gasteiger partial charge in [-0.05, 0) is 39.9 Å². The molecule has 1 aliphatic carbocycles. The Labute approximate surface area is 151 Å². The van der Waals surface area contributed by atoms with Crippen LogP contribution in [-0.2, 0) is 27.1 Å². The van der Waals surface area contributed by atoms with Gasteiger partial charge in [-0.1, -0.05) is 68.4 Å². The molecule has 1 N–H and O–H groups in total. The monoisotopic (exact) mass is 334 g/mol. The third kappa shape index (κ3) is 2.36. The van der Waals surface area contributed by atoms with Crippen LogP contribution in [0.1, 0.15) is 25.0 Å². The molecule has 23 heavy (non-hydrogen) atoms. The second-order valence-corrected chi connectivity index (χ2v) is 6.45. The van der Waals surface area contributed by atoms with E-state index in [2.05, 4.69) is 56.3 Å². The van der Waals surface area contributed by atoms with Gasteiger partial charge in [0.05, 0.1) is 0 Å². The van der Waals surface area contributed by atoms with E-state index in [1.807, 2.05) is 18.2 Å². The van der Waals surface area contributed by atoms with Gasteiger partial charge in [0, 0.05) is 32.7 Å². The zero-order valence-corrected chi connectivity index (χ0v) is 14.9. The second kappa shape index (κ2) is 5.67. The molecule has 4 rings (SSSR count). The van der Waals surface area contributed by atoms with Gasteiger partial charge >= 0.3 is 0 Å². The van der Waals surface area contributed by atoms with Crippen molar-refractivity contribution >= 4 is 0 Å². The Morgan fingerprint density at radius 1 is 0.696 bits per heavy atom. The van der Waals surface area contributed by atoms with E-state index < -0.39 is 0 Å². The molecule has 2 heteroatoms. The topological polar surface area (TPSA) is 20.2 Å². The van der Waals surface area contributed by atoms with Crippen LogP contribution in [0.2, 0.25) is 0 Å². The average molecular weight is 334 g/mol. The Bertz CT molecular complexity index is 881. The molecule has 3 aromatic carbocycles. The molecule has 0 radical (unpaired) electrons. The Balaban J connectivity index is 0.00000156. The zero-order valence-electron chi connectivity index (χ0n) is 13.3. The van der Waals surface area contributed by atoms with Gasteiger partial charge in [0.2, 0.25) is 0 Å². The van der Waals surface area contributed by atoms with Crippen LogP contribution in [-0.4, -0.2) is 5.11 Å². The zero-order chi connectivity index (χ0) is 15.3. The fourth-order valence-electron chi connectivity index (χ4n) is 3.59. The molecule has 1 aliphatic rings. The SMILES string of the molecule is CC1(C)c2ccccc2-c2ccc(-c3ccccc3O)cc21.[Ti]. The molecular formula is C21H18OTi. The van der Waals surface area contributed by atoms with E-state index in [0.29, 0.717) is 5.75 Å². The molecule has 0 aromatic heterocycles. The van der Waals surface area contributed by atoms with Crippen LogP contribution in [0.4, 0.5) is 0 Å². The van der Waals surface area contributed by atoms with Crippen LogP contribution in [0, 0.1) is 0 Å². The molecule has 0 spiro atoms. The van der Waals surface area contributed by atoms with Crippen molar-refractivity contribution in [3.8, 4) is 28.0 Å². The predicted octanol–water partition coefficient (Wildman–Crippen LogP) is 5.36. The quantitative estimate of drug-likeness (QED) is 0.594. The second-order valence-electron chi connectivity index (χ2n) is 6.45. The van der Waals surface area contributed by atoms with Crippen molar-refractivity contribution in [1.29, 1.82) is 0 Å². The third-order valence-corrected chi connectivity index (χ3v) is 4.80. The number of phenolic OH excluding ortho intramolecular Hbond substituents is 1. The summed E-state index contributed by atoms with van der Waals surface area (Å²) >= 11 is 0. The standard InChI is InChI=1S/C21H18O.Ti/c1-21(2)18-9-5-3-8-16(18)17-12-11-14(13-19(17)21)15-7-4-6-10-20(15)22;/h3-13,22H,1-2H3;. The molecule has 3 aromatic rings. The summed E-state index contributed by atoms with van der Waals surface area (Å²) in [4.78, 5) is 0. The van der Waals surface area contributed by atoms with Crippen LogP contribution in [0.3, 0.4) is 0 Å². The first-order chi connectivity index (χ1) is 10.6. The average Bonchev–Trinajstić information content (AvgIpc) is 2.76. The maximum Gasteiger partial charge on any atom is 0.123 e. The molecule has 112 valence electrons. The van der Waals surface area contributed by atoms with Crippen LogP contribution in [0.25, 0.3) is 22.3 Å². The van der Waals surface area contributed by atoms with E-state index in [-0.39, 0.29) is 27.1 Å². The predicted molar refractivity (Wildman–Crippen MR) is 91.1 cm³/mol. The van der Waals surface area contributed by atoms with Crippen LogP contribution in [0.5, 0.6) is 5.75 Å². The summed E-state index contributed by atoms with van der Waals surface area (Å²) in [5.41, 5.74) is 7.28. The summed E-state index contributed by atoms with van der Waals surface area (Å²) in [7, 11) is 0. The number of hydrogen-bond donors (Lipinski definition) is 1. The number of rotatable bonds is 1. The summed E-state index contributed by atoms with van der Waals surface area (Å²) in [6.07, 6.45) is 0. The van der Waals surface area contributed by atoms with Crippen LogP contribution >= 0.6 is 0 Å². The van der Waals surface area contributed by atoms with Gasteiger partial charge in [0.25, 0.3) is 0 Å². The molecule has 0 saturated heterocycles. The molecule has 0 fully saturated rings. The maximum atomic E-state index is 10.1. The van der Waals surface area contributed by atoms with Crippen molar-refractivity contribution in [2.45, 2.75) is 19.3 Å². The number of para-hydroxylation sites is 1. The van der Waals surface area contributed by atoms with Crippen molar-refractivity contribution in [2.24, 2.45) is 0 Å². The third-order valence-electron chi connectivity index (χ3n) is 4.80. The number of hydrogen-bond acceptors (Lipinski definition) is 1. The normalized spacial score (nSPS) is 13.8. The minimum Gasteiger partial charge on any atom is -0.507 e. The van der Waals surface area contributed by atoms with Gasteiger partial charge in [-0.3, -0.25) is 0 Å². The van der Waals surface area contributed by atoms with E-state index in [0.717, 1.165) is 11.1 Å². The maximum absolute atomic E-state index is 10.1. The number of phenols is 1. The summed E-state index contributed by atoms with van der Waals surface area (Å²) in [6.45, 7) is 4.54. The van der Waals surface area contributed by atoms with Gasteiger partial charge in [0.1, 0.15) is 5.75 Å². The first-order valence-electron chi connectivity index (χ1n) is 7.62. The minimum absolute atomic E-state index is 0. The number of aromatic hydroxyl groups is 1. The van der Waals surface area contributed by atoms with E-state index in [9.17, 15) is 5.11 Å². The number of fused-ring (bicyclic) bond motifs is 3. The van der Waals surface area contributed by atoms with E-state index in [1.54, 1.807) is 6.07 Å². The summed E-state index contributed by atoms with van der Waals surface area (Å²) < 4.78 is 0. The molecule has 0 saturated carbocycles. The van der Waals surface area contributed by atoms with Crippen molar-refractivity contribution in [3.63, 3.8) is 0 Å². The van der Waals surface area contributed by atoms with Crippen molar-refractivity contribution < 1.29 is 26.8 Å². The largest absolute Gasteiger partial charge is 0.507 e. The van der Waals surface area contributed by atoms with Gasteiger partial charge in [-0.25, -0.2) is 0 Å². The van der Waals surface area contributed by atoms with Crippen molar-refractivity contribution in [2.75, 3.05) is 0 Å². The van der Waals surface area contributed by atoms with E-state index >= 15 is 0 Å². The van der Waals surface area contributed by atoms with E-state index in [4.69, 9.17) is 0 Å². The van der Waals surface area contributed by atoms with Crippen molar-refractivity contribution in [1.82, 2.24) is 0 Å². The Morgan fingerprint density at radius 3 is 2.04 bits per heavy atom. The smallest absolute Gasteiger partial charge is 0.123 e. The molecule has 0 heterocycles. The Hall–Kier alpha value is -1.83. The molecule has 0 unspecified atom stereocenters. The molecule has 0 bridgehead atoms. The fourth-order valence-corrected chi connectivity index (χ4v) is 3.59. The van der Waals surface area contributed by atoms with Crippen LogP contribution in [0.15, 0.2) is 66.7 Å². The summed E-state index contributed by atoms with van der Waals surface area (Å²) in [6, 6.07) is 22.7. The van der Waals surface area contributed by atoms with Gasteiger partial charge in [-0.2, -0.15) is 0 Å². The van der Waals surface area contributed by atoms with Gasteiger partial charge in [0.15, 0.2) is 0 Å². The first kappa shape index (κ1) is 16.0. The number of benzene rings is 3. The molecular weight excluding hydrogens is 316 g/mol. The van der Waals surface area contributed by atoms with Gasteiger partial charge < -0.3 is 5.11 Å². The fraction of sp³-hybridized carbons (Fsp3) is 0.143. The minimum atomic E-state index is -0.00760.